The lowest BCUT2D eigenvalue weighted by molar-refractivity contribution is -0.127. The lowest BCUT2D eigenvalue weighted by atomic mass is 10.0. The number of carbonyl (C=O) groups is 2. The van der Waals surface area contributed by atoms with Gasteiger partial charge in [0.15, 0.2) is 11.6 Å². The summed E-state index contributed by atoms with van der Waals surface area (Å²) >= 11 is 6.22. The van der Waals surface area contributed by atoms with Crippen LogP contribution in [0.2, 0.25) is 5.02 Å². The van der Waals surface area contributed by atoms with Crippen molar-refractivity contribution in [2.45, 2.75) is 38.8 Å². The van der Waals surface area contributed by atoms with Gasteiger partial charge in [-0.15, -0.1) is 0 Å². The van der Waals surface area contributed by atoms with E-state index in [4.69, 9.17) is 16.3 Å². The van der Waals surface area contributed by atoms with Crippen LogP contribution in [-0.4, -0.2) is 43.9 Å². The van der Waals surface area contributed by atoms with Crippen molar-refractivity contribution in [1.82, 2.24) is 15.5 Å². The van der Waals surface area contributed by atoms with Crippen molar-refractivity contribution in [2.75, 3.05) is 20.6 Å². The molecule has 0 unspecified atom stereocenters. The first kappa shape index (κ1) is 24.6. The van der Waals surface area contributed by atoms with Crippen LogP contribution in [0.5, 0.6) is 11.5 Å². The van der Waals surface area contributed by atoms with Crippen LogP contribution in [0.1, 0.15) is 37.4 Å². The summed E-state index contributed by atoms with van der Waals surface area (Å²) in [5.41, 5.74) is 1.27. The first-order valence-corrected chi connectivity index (χ1v) is 10.5. The first-order valence-electron chi connectivity index (χ1n) is 10.1. The van der Waals surface area contributed by atoms with Gasteiger partial charge in [-0.3, -0.25) is 9.59 Å². The molecule has 2 N–H and O–H groups in total. The Hall–Kier alpha value is -2.64. The van der Waals surface area contributed by atoms with Gasteiger partial charge in [-0.05, 0) is 37.1 Å². The molecule has 0 spiro atoms. The molecule has 168 valence electrons. The number of benzene rings is 2. The summed E-state index contributed by atoms with van der Waals surface area (Å²) in [5.74, 6) is -0.167. The maximum Gasteiger partial charge on any atom is 0.226 e. The van der Waals surface area contributed by atoms with Crippen LogP contribution >= 0.6 is 11.6 Å². The number of nitrogens with one attached hydrogen (secondary N) is 2. The molecule has 0 radical (unpaired) electrons. The Morgan fingerprint density at radius 1 is 1.23 bits per heavy atom. The second kappa shape index (κ2) is 11.7. The van der Waals surface area contributed by atoms with Crippen molar-refractivity contribution in [3.8, 4) is 11.5 Å². The van der Waals surface area contributed by atoms with Crippen LogP contribution in [-0.2, 0) is 16.0 Å². The summed E-state index contributed by atoms with van der Waals surface area (Å²) in [6, 6.07) is 9.83. The third kappa shape index (κ3) is 6.94. The van der Waals surface area contributed by atoms with Crippen molar-refractivity contribution in [3.05, 3.63) is 58.4 Å². The van der Waals surface area contributed by atoms with E-state index < -0.39 is 5.82 Å². The van der Waals surface area contributed by atoms with Gasteiger partial charge in [-0.25, -0.2) is 4.39 Å². The van der Waals surface area contributed by atoms with Crippen LogP contribution < -0.4 is 15.4 Å². The molecule has 0 aliphatic rings. The zero-order valence-corrected chi connectivity index (χ0v) is 19.0. The van der Waals surface area contributed by atoms with E-state index in [0.29, 0.717) is 30.7 Å². The standard InChI is InChI=1S/C23H29ClFN3O3/c1-5-20(27-15(2)13-26-14-29)18-10-11-19(24)23(22(18)25)31-17-8-6-16(7-9-17)12-21(30)28(3)4/h6-11,14-15,20,27H,5,12-13H2,1-4H3,(H,26,29)/t15-,20-/m1/s1. The van der Waals surface area contributed by atoms with E-state index in [2.05, 4.69) is 10.6 Å². The topological polar surface area (TPSA) is 70.7 Å². The van der Waals surface area contributed by atoms with E-state index >= 15 is 4.39 Å². The molecule has 0 saturated carbocycles. The fourth-order valence-electron chi connectivity index (χ4n) is 3.09. The van der Waals surface area contributed by atoms with Gasteiger partial charge in [0.05, 0.1) is 11.4 Å². The molecule has 0 bridgehead atoms. The normalized spacial score (nSPS) is 12.7. The molecule has 0 fully saturated rings. The zero-order chi connectivity index (χ0) is 23.0. The van der Waals surface area contributed by atoms with Crippen molar-refractivity contribution >= 4 is 23.9 Å². The maximum atomic E-state index is 15.3. The predicted molar refractivity (Wildman–Crippen MR) is 120 cm³/mol. The average Bonchev–Trinajstić information content (AvgIpc) is 2.75. The summed E-state index contributed by atoms with van der Waals surface area (Å²) in [7, 11) is 3.41. The lowest BCUT2D eigenvalue weighted by Crippen LogP contribution is -2.38. The zero-order valence-electron chi connectivity index (χ0n) is 18.2. The fraction of sp³-hybridized carbons (Fsp3) is 0.391. The molecule has 2 aromatic carbocycles. The van der Waals surface area contributed by atoms with E-state index in [1.165, 1.54) is 4.90 Å². The second-order valence-corrected chi connectivity index (χ2v) is 7.95. The summed E-state index contributed by atoms with van der Waals surface area (Å²) in [4.78, 5) is 23.9. The number of hydrogen-bond acceptors (Lipinski definition) is 4. The van der Waals surface area contributed by atoms with Crippen molar-refractivity contribution in [1.29, 1.82) is 0 Å². The number of rotatable bonds is 11. The Morgan fingerprint density at radius 2 is 1.90 bits per heavy atom. The van der Waals surface area contributed by atoms with Crippen LogP contribution in [0.3, 0.4) is 0 Å². The fourth-order valence-corrected chi connectivity index (χ4v) is 3.28. The smallest absolute Gasteiger partial charge is 0.226 e. The highest BCUT2D eigenvalue weighted by molar-refractivity contribution is 6.32. The maximum absolute atomic E-state index is 15.3. The number of likely N-dealkylation sites (N-methyl/N-ethyl adjacent to an activating group) is 1. The van der Waals surface area contributed by atoms with Gasteiger partial charge in [0.2, 0.25) is 12.3 Å². The Bertz CT molecular complexity index is 890. The minimum Gasteiger partial charge on any atom is -0.453 e. The summed E-state index contributed by atoms with van der Waals surface area (Å²) in [5, 5.41) is 6.09. The first-order chi connectivity index (χ1) is 14.8. The quantitative estimate of drug-likeness (QED) is 0.507. The Balaban J connectivity index is 2.20. The largest absolute Gasteiger partial charge is 0.453 e. The van der Waals surface area contributed by atoms with Gasteiger partial charge < -0.3 is 20.3 Å². The highest BCUT2D eigenvalue weighted by Crippen LogP contribution is 2.36. The van der Waals surface area contributed by atoms with Crippen molar-refractivity contribution in [3.63, 3.8) is 0 Å². The summed E-state index contributed by atoms with van der Waals surface area (Å²) in [6.07, 6.45) is 1.55. The molecule has 2 atom stereocenters. The molecular formula is C23H29ClFN3O3. The summed E-state index contributed by atoms with van der Waals surface area (Å²) in [6.45, 7) is 4.29. The Kier molecular flexibility index (Phi) is 9.27. The van der Waals surface area contributed by atoms with E-state index in [1.807, 2.05) is 13.8 Å². The van der Waals surface area contributed by atoms with Gasteiger partial charge >= 0.3 is 0 Å². The number of amides is 2. The van der Waals surface area contributed by atoms with Gasteiger partial charge in [-0.2, -0.15) is 0 Å². The van der Waals surface area contributed by atoms with Crippen LogP contribution in [0.25, 0.3) is 0 Å². The number of halogens is 2. The average molecular weight is 450 g/mol. The molecule has 0 aromatic heterocycles. The monoisotopic (exact) mass is 449 g/mol. The number of nitrogens with zero attached hydrogens (tertiary/aromatic N) is 1. The molecule has 6 nitrogen and oxygen atoms in total. The Labute approximate surface area is 187 Å². The molecule has 0 aliphatic heterocycles. The minimum atomic E-state index is -0.533. The summed E-state index contributed by atoms with van der Waals surface area (Å²) < 4.78 is 21.1. The molecule has 0 heterocycles. The van der Waals surface area contributed by atoms with E-state index in [9.17, 15) is 9.59 Å². The molecule has 2 amide bonds. The van der Waals surface area contributed by atoms with E-state index in [0.717, 1.165) is 5.56 Å². The lowest BCUT2D eigenvalue weighted by Gasteiger charge is -2.24. The molecule has 31 heavy (non-hydrogen) atoms. The third-order valence-electron chi connectivity index (χ3n) is 4.85. The number of carbonyl (C=O) groups excluding carboxylic acids is 2. The molecule has 0 saturated heterocycles. The molecule has 2 rings (SSSR count). The predicted octanol–water partition coefficient (Wildman–Crippen LogP) is 4.08. The van der Waals surface area contributed by atoms with Crippen LogP contribution in [0, 0.1) is 5.82 Å². The van der Waals surface area contributed by atoms with Gasteiger partial charge in [0.25, 0.3) is 0 Å². The third-order valence-corrected chi connectivity index (χ3v) is 5.15. The van der Waals surface area contributed by atoms with Crippen LogP contribution in [0.4, 0.5) is 4.39 Å². The van der Waals surface area contributed by atoms with Crippen molar-refractivity contribution in [2.24, 2.45) is 0 Å². The minimum absolute atomic E-state index is 0.00821. The van der Waals surface area contributed by atoms with Crippen molar-refractivity contribution < 1.29 is 18.7 Å². The van der Waals surface area contributed by atoms with Gasteiger partial charge in [-0.1, -0.05) is 36.7 Å². The van der Waals surface area contributed by atoms with E-state index in [-0.39, 0.29) is 35.2 Å². The molecule has 8 heteroatoms. The molecule has 0 aliphatic carbocycles. The Morgan fingerprint density at radius 3 is 2.48 bits per heavy atom. The van der Waals surface area contributed by atoms with Gasteiger partial charge in [0, 0.05) is 38.3 Å². The SMILES string of the molecule is CC[C@@H](N[C@H](C)CNC=O)c1ccc(Cl)c(Oc2ccc(CC(=O)N(C)C)cc2)c1F. The second-order valence-electron chi connectivity index (χ2n) is 7.55. The highest BCUT2D eigenvalue weighted by atomic mass is 35.5. The number of hydrogen-bond donors (Lipinski definition) is 2. The molecule has 2 aromatic rings. The molecular weight excluding hydrogens is 421 g/mol. The highest BCUT2D eigenvalue weighted by Gasteiger charge is 2.22. The van der Waals surface area contributed by atoms with Crippen LogP contribution in [0.15, 0.2) is 36.4 Å². The van der Waals surface area contributed by atoms with E-state index in [1.54, 1.807) is 50.5 Å². The van der Waals surface area contributed by atoms with Gasteiger partial charge in [0.1, 0.15) is 5.75 Å². The number of ether oxygens (including phenoxy) is 1.